The van der Waals surface area contributed by atoms with E-state index in [0.29, 0.717) is 5.37 Å². The van der Waals surface area contributed by atoms with Crippen molar-refractivity contribution >= 4 is 11.8 Å². The van der Waals surface area contributed by atoms with Gasteiger partial charge in [0.25, 0.3) is 0 Å². The van der Waals surface area contributed by atoms with Gasteiger partial charge in [0, 0.05) is 10.6 Å². The fourth-order valence-corrected chi connectivity index (χ4v) is 1.95. The Kier molecular flexibility index (Phi) is 2.83. The highest BCUT2D eigenvalue weighted by Crippen LogP contribution is 2.30. The Balaban J connectivity index is 2.79. The zero-order chi connectivity index (χ0) is 8.27. The van der Waals surface area contributed by atoms with E-state index in [1.807, 2.05) is 30.8 Å². The van der Waals surface area contributed by atoms with Gasteiger partial charge in [-0.3, -0.25) is 0 Å². The Hall–Kier alpha value is -0.630. The maximum absolute atomic E-state index is 3.76. The molecule has 1 N–H and O–H groups in total. The van der Waals surface area contributed by atoms with E-state index in [1.54, 1.807) is 0 Å². The van der Waals surface area contributed by atoms with Crippen molar-refractivity contribution in [2.24, 2.45) is 0 Å². The lowest BCUT2D eigenvalue weighted by Crippen LogP contribution is -2.14. The minimum absolute atomic E-state index is 0.481. The molecule has 0 aromatic carbocycles. The summed E-state index contributed by atoms with van der Waals surface area (Å²) in [7, 11) is 0. The monoisotopic (exact) mass is 167 g/mol. The number of thioether (sulfide) groups is 1. The van der Waals surface area contributed by atoms with Crippen LogP contribution in [0.3, 0.4) is 0 Å². The number of rotatable bonds is 2. The van der Waals surface area contributed by atoms with Crippen molar-refractivity contribution in [3.8, 4) is 0 Å². The number of hydrogen-bond donors (Lipinski definition) is 1. The quantitative estimate of drug-likeness (QED) is 0.678. The summed E-state index contributed by atoms with van der Waals surface area (Å²) in [6.07, 6.45) is 6.01. The lowest BCUT2D eigenvalue weighted by Gasteiger charge is -2.01. The molecule has 1 aliphatic heterocycles. The Morgan fingerprint density at radius 3 is 2.91 bits per heavy atom. The largest absolute Gasteiger partial charge is 0.372 e. The van der Waals surface area contributed by atoms with Crippen LogP contribution < -0.4 is 5.32 Å². The van der Waals surface area contributed by atoms with Crippen LogP contribution in [0.25, 0.3) is 0 Å². The van der Waals surface area contributed by atoms with Gasteiger partial charge in [-0.2, -0.15) is 0 Å². The summed E-state index contributed by atoms with van der Waals surface area (Å²) >= 11 is 1.81. The highest BCUT2D eigenvalue weighted by molar-refractivity contribution is 8.04. The highest BCUT2D eigenvalue weighted by atomic mass is 32.2. The first-order valence-electron chi connectivity index (χ1n) is 3.70. The summed E-state index contributed by atoms with van der Waals surface area (Å²) in [6.45, 7) is 7.92. The molecule has 1 atom stereocenters. The first-order chi connectivity index (χ1) is 5.27. The SMILES string of the molecule is C=CC1=C(/C=C\C)NC(C)S1. The van der Waals surface area contributed by atoms with Crippen LogP contribution in [0.15, 0.2) is 35.4 Å². The van der Waals surface area contributed by atoms with Crippen LogP contribution in [0.2, 0.25) is 0 Å². The summed E-state index contributed by atoms with van der Waals surface area (Å²) in [5, 5.41) is 3.82. The molecule has 0 saturated heterocycles. The molecule has 0 fully saturated rings. The summed E-state index contributed by atoms with van der Waals surface area (Å²) in [5.74, 6) is 0. The minimum atomic E-state index is 0.481. The van der Waals surface area contributed by atoms with Gasteiger partial charge in [-0.15, -0.1) is 0 Å². The Bertz CT molecular complexity index is 216. The topological polar surface area (TPSA) is 12.0 Å². The number of allylic oxidation sites excluding steroid dienone is 3. The maximum atomic E-state index is 3.76. The first-order valence-corrected chi connectivity index (χ1v) is 4.58. The molecule has 0 aromatic rings. The van der Waals surface area contributed by atoms with Crippen LogP contribution in [0.4, 0.5) is 0 Å². The van der Waals surface area contributed by atoms with Crippen molar-refractivity contribution < 1.29 is 0 Å². The summed E-state index contributed by atoms with van der Waals surface area (Å²) in [4.78, 5) is 1.25. The third-order valence-electron chi connectivity index (χ3n) is 1.45. The standard InChI is InChI=1S/C9H13NS/c1-4-6-8-9(5-2)11-7(3)10-8/h4-7,10H,2H2,1,3H3/b6-4-. The second-order valence-corrected chi connectivity index (χ2v) is 3.77. The van der Waals surface area contributed by atoms with E-state index in [9.17, 15) is 0 Å². The van der Waals surface area contributed by atoms with Gasteiger partial charge in [0.05, 0.1) is 5.37 Å². The third kappa shape index (κ3) is 1.90. The highest BCUT2D eigenvalue weighted by Gasteiger charge is 2.15. The van der Waals surface area contributed by atoms with Crippen molar-refractivity contribution in [2.75, 3.05) is 0 Å². The molecule has 0 saturated carbocycles. The van der Waals surface area contributed by atoms with E-state index in [2.05, 4.69) is 24.9 Å². The van der Waals surface area contributed by atoms with Gasteiger partial charge < -0.3 is 5.32 Å². The van der Waals surface area contributed by atoms with E-state index in [4.69, 9.17) is 0 Å². The van der Waals surface area contributed by atoms with Crippen molar-refractivity contribution in [1.29, 1.82) is 0 Å². The predicted octanol–water partition coefficient (Wildman–Crippen LogP) is 2.64. The van der Waals surface area contributed by atoms with E-state index in [-0.39, 0.29) is 0 Å². The van der Waals surface area contributed by atoms with Crippen LogP contribution in [0.1, 0.15) is 13.8 Å². The van der Waals surface area contributed by atoms with E-state index < -0.39 is 0 Å². The van der Waals surface area contributed by atoms with E-state index >= 15 is 0 Å². The zero-order valence-corrected chi connectivity index (χ0v) is 7.74. The average molecular weight is 167 g/mol. The van der Waals surface area contributed by atoms with Crippen molar-refractivity contribution in [1.82, 2.24) is 5.32 Å². The first kappa shape index (κ1) is 8.47. The van der Waals surface area contributed by atoms with Crippen molar-refractivity contribution in [3.63, 3.8) is 0 Å². The second kappa shape index (κ2) is 3.67. The average Bonchev–Trinajstić information content (AvgIpc) is 2.32. The molecule has 0 spiro atoms. The Labute approximate surface area is 72.3 Å². The van der Waals surface area contributed by atoms with Gasteiger partial charge in [0.15, 0.2) is 0 Å². The van der Waals surface area contributed by atoms with Crippen molar-refractivity contribution in [3.05, 3.63) is 35.4 Å². The molecule has 0 bridgehead atoms. The number of hydrogen-bond acceptors (Lipinski definition) is 2. The van der Waals surface area contributed by atoms with Crippen LogP contribution >= 0.6 is 11.8 Å². The molecule has 0 radical (unpaired) electrons. The summed E-state index contributed by atoms with van der Waals surface area (Å²) in [5.41, 5.74) is 1.19. The van der Waals surface area contributed by atoms with Crippen LogP contribution in [-0.2, 0) is 0 Å². The molecule has 1 unspecified atom stereocenters. The fraction of sp³-hybridized carbons (Fsp3) is 0.333. The zero-order valence-electron chi connectivity index (χ0n) is 6.92. The van der Waals surface area contributed by atoms with Gasteiger partial charge >= 0.3 is 0 Å². The van der Waals surface area contributed by atoms with Crippen LogP contribution in [0, 0.1) is 0 Å². The summed E-state index contributed by atoms with van der Waals surface area (Å²) < 4.78 is 0. The molecule has 1 rings (SSSR count). The van der Waals surface area contributed by atoms with Crippen molar-refractivity contribution in [2.45, 2.75) is 19.2 Å². The van der Waals surface area contributed by atoms with Gasteiger partial charge in [-0.1, -0.05) is 30.5 Å². The lowest BCUT2D eigenvalue weighted by molar-refractivity contribution is 0.840. The third-order valence-corrected chi connectivity index (χ3v) is 2.56. The molecule has 11 heavy (non-hydrogen) atoms. The molecule has 0 aliphatic carbocycles. The Morgan fingerprint density at radius 2 is 2.36 bits per heavy atom. The molecule has 0 amide bonds. The molecule has 0 aromatic heterocycles. The predicted molar refractivity (Wildman–Crippen MR) is 52.2 cm³/mol. The molecular formula is C9H13NS. The minimum Gasteiger partial charge on any atom is -0.372 e. The molecule has 1 heterocycles. The van der Waals surface area contributed by atoms with E-state index in [1.165, 1.54) is 10.6 Å². The van der Waals surface area contributed by atoms with Gasteiger partial charge in [-0.25, -0.2) is 0 Å². The lowest BCUT2D eigenvalue weighted by atomic mass is 10.3. The van der Waals surface area contributed by atoms with Gasteiger partial charge in [-0.05, 0) is 19.9 Å². The fourth-order valence-electron chi connectivity index (χ4n) is 1.03. The normalized spacial score (nSPS) is 24.4. The summed E-state index contributed by atoms with van der Waals surface area (Å²) in [6, 6.07) is 0. The van der Waals surface area contributed by atoms with Gasteiger partial charge in [0.2, 0.25) is 0 Å². The van der Waals surface area contributed by atoms with Gasteiger partial charge in [0.1, 0.15) is 0 Å². The molecule has 60 valence electrons. The Morgan fingerprint density at radius 1 is 1.64 bits per heavy atom. The van der Waals surface area contributed by atoms with Crippen LogP contribution in [0.5, 0.6) is 0 Å². The van der Waals surface area contributed by atoms with E-state index in [0.717, 1.165) is 0 Å². The molecule has 1 nitrogen and oxygen atoms in total. The molecule has 2 heteroatoms. The molecular weight excluding hydrogens is 154 g/mol. The molecule has 1 aliphatic rings. The maximum Gasteiger partial charge on any atom is 0.0741 e. The second-order valence-electron chi connectivity index (χ2n) is 2.39. The van der Waals surface area contributed by atoms with Crippen LogP contribution in [-0.4, -0.2) is 5.37 Å². The number of nitrogens with one attached hydrogen (secondary N) is 1. The smallest absolute Gasteiger partial charge is 0.0741 e.